The third-order valence-electron chi connectivity index (χ3n) is 4.79. The fourth-order valence-corrected chi connectivity index (χ4v) is 3.51. The summed E-state index contributed by atoms with van der Waals surface area (Å²) >= 11 is 12.4. The second kappa shape index (κ2) is 7.45. The number of hydrogen-bond donors (Lipinski definition) is 1. The van der Waals surface area contributed by atoms with Gasteiger partial charge in [0.2, 0.25) is 0 Å². The first kappa shape index (κ1) is 18.2. The van der Waals surface area contributed by atoms with Crippen molar-refractivity contribution in [3.8, 4) is 16.9 Å². The van der Waals surface area contributed by atoms with Crippen LogP contribution in [-0.4, -0.2) is 9.55 Å². The van der Waals surface area contributed by atoms with Gasteiger partial charge in [-0.2, -0.15) is 0 Å². The average molecular weight is 401 g/mol. The monoisotopic (exact) mass is 400 g/mol. The van der Waals surface area contributed by atoms with Crippen molar-refractivity contribution in [2.75, 3.05) is 5.73 Å². The number of nitrogens with zero attached hydrogens (tertiary/aromatic N) is 2. The van der Waals surface area contributed by atoms with Crippen LogP contribution in [0.2, 0.25) is 10.0 Å². The van der Waals surface area contributed by atoms with E-state index < -0.39 is 0 Å². The molecule has 0 saturated heterocycles. The van der Waals surface area contributed by atoms with E-state index in [2.05, 4.69) is 28.7 Å². The van der Waals surface area contributed by atoms with Crippen molar-refractivity contribution < 1.29 is 4.74 Å². The molecule has 4 rings (SSSR count). The molecule has 27 heavy (non-hydrogen) atoms. The van der Waals surface area contributed by atoms with Gasteiger partial charge >= 0.3 is 0 Å². The standard InChI is InChI=1S/C21H20Cl2N3O/c1-13-7-16(11-26(13)10-14-5-6-14)15-8-20(21(24)25-9-15)27-12-17-18(22)3-2-4-19(17)23/h2-4,7-9,11,14H,1,5-6,10,12H2,(H2,24,25). The summed E-state index contributed by atoms with van der Waals surface area (Å²) in [6.07, 6.45) is 6.47. The Bertz CT molecular complexity index is 959. The van der Waals surface area contributed by atoms with Crippen LogP contribution < -0.4 is 10.5 Å². The molecule has 4 nitrogen and oxygen atoms in total. The Morgan fingerprint density at radius 2 is 1.93 bits per heavy atom. The minimum Gasteiger partial charge on any atom is -0.485 e. The van der Waals surface area contributed by atoms with E-state index >= 15 is 0 Å². The van der Waals surface area contributed by atoms with Crippen LogP contribution in [0.15, 0.2) is 42.7 Å². The molecule has 2 aromatic heterocycles. The molecule has 0 unspecified atom stereocenters. The van der Waals surface area contributed by atoms with Crippen LogP contribution in [0.4, 0.5) is 5.82 Å². The van der Waals surface area contributed by atoms with Crippen LogP contribution in [-0.2, 0) is 13.2 Å². The lowest BCUT2D eigenvalue weighted by Gasteiger charge is -2.12. The van der Waals surface area contributed by atoms with E-state index in [0.29, 0.717) is 21.6 Å². The van der Waals surface area contributed by atoms with Crippen LogP contribution in [0.3, 0.4) is 0 Å². The van der Waals surface area contributed by atoms with Crippen molar-refractivity contribution in [3.05, 3.63) is 71.0 Å². The van der Waals surface area contributed by atoms with E-state index in [0.717, 1.165) is 34.8 Å². The summed E-state index contributed by atoms with van der Waals surface area (Å²) in [4.78, 5) is 4.28. The number of anilines is 1. The SMILES string of the molecule is [CH2]c1cc(-c2cnc(N)c(OCc3c(Cl)cccc3Cl)c2)cn1CC1CC1. The highest BCUT2D eigenvalue weighted by Gasteiger charge is 2.22. The Morgan fingerprint density at radius 3 is 2.63 bits per heavy atom. The van der Waals surface area contributed by atoms with Gasteiger partial charge in [-0.1, -0.05) is 29.3 Å². The maximum absolute atomic E-state index is 6.21. The number of rotatable bonds is 6. The van der Waals surface area contributed by atoms with E-state index in [1.54, 1.807) is 24.4 Å². The molecule has 1 fully saturated rings. The number of pyridine rings is 1. The molecule has 0 atom stereocenters. The smallest absolute Gasteiger partial charge is 0.166 e. The second-order valence-corrected chi connectivity index (χ2v) is 7.73. The van der Waals surface area contributed by atoms with Gasteiger partial charge in [-0.15, -0.1) is 0 Å². The van der Waals surface area contributed by atoms with Crippen molar-refractivity contribution in [2.24, 2.45) is 5.92 Å². The van der Waals surface area contributed by atoms with Crippen LogP contribution in [0, 0.1) is 12.8 Å². The van der Waals surface area contributed by atoms with Crippen LogP contribution >= 0.6 is 23.2 Å². The largest absolute Gasteiger partial charge is 0.485 e. The van der Waals surface area contributed by atoms with Gasteiger partial charge in [0, 0.05) is 51.4 Å². The first-order chi connectivity index (χ1) is 13.0. The molecule has 1 aliphatic carbocycles. The zero-order chi connectivity index (χ0) is 19.0. The summed E-state index contributed by atoms with van der Waals surface area (Å²) in [6.45, 7) is 5.38. The van der Waals surface area contributed by atoms with Crippen LogP contribution in [0.1, 0.15) is 24.1 Å². The summed E-state index contributed by atoms with van der Waals surface area (Å²) in [6, 6.07) is 9.31. The number of ether oxygens (including phenoxy) is 1. The van der Waals surface area contributed by atoms with Gasteiger partial charge < -0.3 is 15.0 Å². The van der Waals surface area contributed by atoms with E-state index in [1.165, 1.54) is 12.8 Å². The highest BCUT2D eigenvalue weighted by molar-refractivity contribution is 6.35. The second-order valence-electron chi connectivity index (χ2n) is 6.91. The van der Waals surface area contributed by atoms with Crippen molar-refractivity contribution in [2.45, 2.75) is 26.0 Å². The number of nitrogen functional groups attached to an aromatic ring is 1. The van der Waals surface area contributed by atoms with Gasteiger partial charge in [0.25, 0.3) is 0 Å². The molecule has 2 N–H and O–H groups in total. The molecular formula is C21H20Cl2N3O. The van der Waals surface area contributed by atoms with E-state index in [4.69, 9.17) is 33.7 Å². The molecule has 6 heteroatoms. The molecule has 0 bridgehead atoms. The Hall–Kier alpha value is -2.17. The lowest BCUT2D eigenvalue weighted by atomic mass is 10.1. The van der Waals surface area contributed by atoms with Gasteiger partial charge in [0.05, 0.1) is 0 Å². The topological polar surface area (TPSA) is 53.1 Å². The summed E-state index contributed by atoms with van der Waals surface area (Å²) in [7, 11) is 0. The highest BCUT2D eigenvalue weighted by atomic mass is 35.5. The maximum atomic E-state index is 6.21. The molecule has 1 radical (unpaired) electrons. The first-order valence-corrected chi connectivity index (χ1v) is 9.60. The van der Waals surface area contributed by atoms with Crippen molar-refractivity contribution in [3.63, 3.8) is 0 Å². The summed E-state index contributed by atoms with van der Waals surface area (Å²) in [5, 5.41) is 1.12. The van der Waals surface area contributed by atoms with Gasteiger partial charge in [-0.3, -0.25) is 0 Å². The minimum absolute atomic E-state index is 0.219. The van der Waals surface area contributed by atoms with Gasteiger partial charge in [0.15, 0.2) is 11.6 Å². The Labute approximate surface area is 168 Å². The number of nitrogens with two attached hydrogens (primary N) is 1. The fraction of sp³-hybridized carbons (Fsp3) is 0.238. The minimum atomic E-state index is 0.219. The zero-order valence-corrected chi connectivity index (χ0v) is 16.3. The van der Waals surface area contributed by atoms with Gasteiger partial charge in [-0.25, -0.2) is 4.98 Å². The number of benzene rings is 1. The molecule has 1 aliphatic rings. The third kappa shape index (κ3) is 4.07. The number of aromatic nitrogens is 2. The normalized spacial score (nSPS) is 13.7. The lowest BCUT2D eigenvalue weighted by molar-refractivity contribution is 0.307. The number of halogens is 2. The number of hydrogen-bond acceptors (Lipinski definition) is 3. The van der Waals surface area contributed by atoms with Gasteiger partial charge in [0.1, 0.15) is 6.61 Å². The summed E-state index contributed by atoms with van der Waals surface area (Å²) in [5.41, 5.74) is 9.70. The molecule has 1 saturated carbocycles. The highest BCUT2D eigenvalue weighted by Crippen LogP contribution is 2.34. The Balaban J connectivity index is 1.56. The predicted molar refractivity (Wildman–Crippen MR) is 110 cm³/mol. The first-order valence-electron chi connectivity index (χ1n) is 8.85. The van der Waals surface area contributed by atoms with Gasteiger partial charge in [-0.05, 0) is 49.9 Å². The van der Waals surface area contributed by atoms with E-state index in [9.17, 15) is 0 Å². The van der Waals surface area contributed by atoms with E-state index in [-0.39, 0.29) is 6.61 Å². The average Bonchev–Trinajstić information content (AvgIpc) is 3.38. The van der Waals surface area contributed by atoms with E-state index in [1.807, 2.05) is 6.07 Å². The summed E-state index contributed by atoms with van der Waals surface area (Å²) in [5.74, 6) is 1.62. The molecule has 0 amide bonds. The van der Waals surface area contributed by atoms with Crippen molar-refractivity contribution >= 4 is 29.0 Å². The zero-order valence-electron chi connectivity index (χ0n) is 14.8. The Kier molecular flexibility index (Phi) is 5.02. The molecule has 3 aromatic rings. The molecule has 139 valence electrons. The van der Waals surface area contributed by atoms with Crippen molar-refractivity contribution in [1.82, 2.24) is 9.55 Å². The molecule has 1 aromatic carbocycles. The fourth-order valence-electron chi connectivity index (χ4n) is 3.01. The van der Waals surface area contributed by atoms with Crippen molar-refractivity contribution in [1.29, 1.82) is 0 Å². The quantitative estimate of drug-likeness (QED) is 0.584. The molecule has 0 aliphatic heterocycles. The molecule has 2 heterocycles. The predicted octanol–water partition coefficient (Wildman–Crippen LogP) is 5.61. The van der Waals surface area contributed by atoms with Crippen LogP contribution in [0.5, 0.6) is 5.75 Å². The van der Waals surface area contributed by atoms with Crippen LogP contribution in [0.25, 0.3) is 11.1 Å². The molecular weight excluding hydrogens is 381 g/mol. The third-order valence-corrected chi connectivity index (χ3v) is 5.49. The molecule has 0 spiro atoms. The summed E-state index contributed by atoms with van der Waals surface area (Å²) < 4.78 is 8.08. The maximum Gasteiger partial charge on any atom is 0.166 e. The Morgan fingerprint density at radius 1 is 1.19 bits per heavy atom. The lowest BCUT2D eigenvalue weighted by Crippen LogP contribution is -2.02.